The Morgan fingerprint density at radius 2 is 2.11 bits per heavy atom. The first-order chi connectivity index (χ1) is 8.81. The average Bonchev–Trinajstić information content (AvgIpc) is 2.90. The number of nitrogens with one attached hydrogen (secondary N) is 1. The molecule has 96 valence electrons. The molecule has 0 saturated carbocycles. The van der Waals surface area contributed by atoms with Crippen LogP contribution in [-0.4, -0.2) is 12.3 Å². The molecular weight excluding hydrogens is 310 g/mol. The monoisotopic (exact) mass is 325 g/mol. The molecule has 1 unspecified atom stereocenters. The Balaban J connectivity index is 2.00. The van der Waals surface area contributed by atoms with Crippen LogP contribution in [-0.2, 0) is 0 Å². The summed E-state index contributed by atoms with van der Waals surface area (Å²) in [5, 5.41) is 3.44. The molecule has 0 amide bonds. The van der Waals surface area contributed by atoms with Crippen LogP contribution in [0.4, 0.5) is 0 Å². The van der Waals surface area contributed by atoms with Crippen molar-refractivity contribution in [2.75, 3.05) is 12.3 Å². The van der Waals surface area contributed by atoms with Crippen molar-refractivity contribution >= 4 is 27.7 Å². The van der Waals surface area contributed by atoms with Crippen molar-refractivity contribution in [3.8, 4) is 0 Å². The molecule has 0 spiro atoms. The second-order valence-electron chi connectivity index (χ2n) is 3.87. The molecule has 1 aromatic carbocycles. The lowest BCUT2D eigenvalue weighted by Crippen LogP contribution is -2.22. The van der Waals surface area contributed by atoms with E-state index < -0.39 is 0 Å². The largest absolute Gasteiger partial charge is 0.468 e. The van der Waals surface area contributed by atoms with E-state index in [4.69, 9.17) is 4.42 Å². The number of hydrogen-bond donors (Lipinski definition) is 1. The maximum absolute atomic E-state index is 5.48. The minimum Gasteiger partial charge on any atom is -0.468 e. The first-order valence-corrected chi connectivity index (χ1v) is 7.73. The van der Waals surface area contributed by atoms with E-state index in [2.05, 4.69) is 46.4 Å². The normalized spacial score (nSPS) is 12.6. The number of rotatable bonds is 6. The second kappa shape index (κ2) is 7.02. The van der Waals surface area contributed by atoms with E-state index in [1.165, 1.54) is 4.90 Å². The average molecular weight is 326 g/mol. The van der Waals surface area contributed by atoms with Gasteiger partial charge in [0.25, 0.3) is 0 Å². The lowest BCUT2D eigenvalue weighted by Gasteiger charge is -2.15. The van der Waals surface area contributed by atoms with Crippen LogP contribution in [0.1, 0.15) is 18.7 Å². The smallest absolute Gasteiger partial charge is 0.121 e. The van der Waals surface area contributed by atoms with Crippen molar-refractivity contribution < 1.29 is 4.42 Å². The van der Waals surface area contributed by atoms with E-state index in [1.807, 2.05) is 30.0 Å². The Morgan fingerprint density at radius 1 is 1.28 bits per heavy atom. The summed E-state index contributed by atoms with van der Waals surface area (Å²) in [6.45, 7) is 3.04. The highest BCUT2D eigenvalue weighted by molar-refractivity contribution is 9.10. The molecule has 4 heteroatoms. The third-order valence-corrected chi connectivity index (χ3v) is 4.70. The van der Waals surface area contributed by atoms with Gasteiger partial charge in [0.05, 0.1) is 12.3 Å². The second-order valence-corrected chi connectivity index (χ2v) is 5.78. The van der Waals surface area contributed by atoms with E-state index in [0.29, 0.717) is 0 Å². The molecule has 0 radical (unpaired) electrons. The van der Waals surface area contributed by atoms with Gasteiger partial charge in [-0.3, -0.25) is 0 Å². The van der Waals surface area contributed by atoms with Gasteiger partial charge in [0.15, 0.2) is 0 Å². The number of benzene rings is 1. The Kier molecular flexibility index (Phi) is 5.35. The Hall–Kier alpha value is -0.710. The van der Waals surface area contributed by atoms with E-state index in [0.717, 1.165) is 22.5 Å². The molecule has 0 saturated heterocycles. The van der Waals surface area contributed by atoms with Gasteiger partial charge in [0.1, 0.15) is 5.76 Å². The predicted molar refractivity (Wildman–Crippen MR) is 80.0 cm³/mol. The first kappa shape index (κ1) is 13.7. The summed E-state index contributed by atoms with van der Waals surface area (Å²) in [5.74, 6) is 1.95. The molecule has 0 bridgehead atoms. The lowest BCUT2D eigenvalue weighted by molar-refractivity contribution is 0.441. The zero-order valence-electron chi connectivity index (χ0n) is 10.2. The van der Waals surface area contributed by atoms with Gasteiger partial charge in [-0.2, -0.15) is 0 Å². The molecule has 2 aromatic rings. The fraction of sp³-hybridized carbons (Fsp3) is 0.286. The molecule has 1 heterocycles. The molecule has 0 fully saturated rings. The highest BCUT2D eigenvalue weighted by Crippen LogP contribution is 2.30. The van der Waals surface area contributed by atoms with Crippen LogP contribution in [0.15, 0.2) is 56.4 Å². The SMILES string of the molecule is CCNC(CSc1ccccc1Br)c1ccco1. The summed E-state index contributed by atoms with van der Waals surface area (Å²) in [4.78, 5) is 1.26. The third-order valence-electron chi connectivity index (χ3n) is 2.58. The van der Waals surface area contributed by atoms with Crippen molar-refractivity contribution in [3.05, 3.63) is 52.9 Å². The molecule has 1 atom stereocenters. The third kappa shape index (κ3) is 3.64. The Morgan fingerprint density at radius 3 is 2.78 bits per heavy atom. The molecule has 0 aliphatic carbocycles. The number of furan rings is 1. The van der Waals surface area contributed by atoms with Crippen molar-refractivity contribution in [3.63, 3.8) is 0 Å². The van der Waals surface area contributed by atoms with Crippen molar-refractivity contribution in [2.45, 2.75) is 17.9 Å². The number of halogens is 1. The minimum absolute atomic E-state index is 0.252. The zero-order chi connectivity index (χ0) is 12.8. The van der Waals surface area contributed by atoms with Gasteiger partial charge in [-0.15, -0.1) is 11.8 Å². The molecule has 1 aromatic heterocycles. The Bertz CT molecular complexity index is 472. The quantitative estimate of drug-likeness (QED) is 0.792. The topological polar surface area (TPSA) is 25.2 Å². The highest BCUT2D eigenvalue weighted by atomic mass is 79.9. The molecule has 2 rings (SSSR count). The standard InChI is InChI=1S/C14H16BrNOS/c1-2-16-12(13-7-5-9-17-13)10-18-14-8-4-3-6-11(14)15/h3-9,12,16H,2,10H2,1H3. The van der Waals surface area contributed by atoms with Crippen LogP contribution in [0.5, 0.6) is 0 Å². The van der Waals surface area contributed by atoms with Crippen LogP contribution in [0, 0.1) is 0 Å². The minimum atomic E-state index is 0.252. The predicted octanol–water partition coefficient (Wildman–Crippen LogP) is 4.49. The van der Waals surface area contributed by atoms with Crippen LogP contribution in [0.25, 0.3) is 0 Å². The van der Waals surface area contributed by atoms with Crippen LogP contribution >= 0.6 is 27.7 Å². The summed E-state index contributed by atoms with van der Waals surface area (Å²) in [6.07, 6.45) is 1.72. The Labute approximate surface area is 120 Å². The number of thioether (sulfide) groups is 1. The van der Waals surface area contributed by atoms with E-state index in [9.17, 15) is 0 Å². The molecular formula is C14H16BrNOS. The molecule has 18 heavy (non-hydrogen) atoms. The summed E-state index contributed by atoms with van der Waals surface area (Å²) in [5.41, 5.74) is 0. The fourth-order valence-electron chi connectivity index (χ4n) is 1.71. The van der Waals surface area contributed by atoms with Crippen LogP contribution in [0.3, 0.4) is 0 Å². The maximum Gasteiger partial charge on any atom is 0.121 e. The molecule has 0 aliphatic heterocycles. The van der Waals surface area contributed by atoms with E-state index >= 15 is 0 Å². The van der Waals surface area contributed by atoms with Gasteiger partial charge in [0.2, 0.25) is 0 Å². The zero-order valence-corrected chi connectivity index (χ0v) is 12.6. The summed E-state index contributed by atoms with van der Waals surface area (Å²) in [6, 6.07) is 12.5. The maximum atomic E-state index is 5.48. The van der Waals surface area contributed by atoms with Crippen LogP contribution in [0.2, 0.25) is 0 Å². The summed E-state index contributed by atoms with van der Waals surface area (Å²) >= 11 is 5.39. The van der Waals surface area contributed by atoms with Crippen molar-refractivity contribution in [1.29, 1.82) is 0 Å². The molecule has 2 nitrogen and oxygen atoms in total. The van der Waals surface area contributed by atoms with Crippen LogP contribution < -0.4 is 5.32 Å². The fourth-order valence-corrected chi connectivity index (χ4v) is 3.35. The van der Waals surface area contributed by atoms with Crippen molar-refractivity contribution in [2.24, 2.45) is 0 Å². The lowest BCUT2D eigenvalue weighted by atomic mass is 10.2. The van der Waals surface area contributed by atoms with Gasteiger partial charge in [-0.05, 0) is 46.7 Å². The molecule has 1 N–H and O–H groups in total. The van der Waals surface area contributed by atoms with Gasteiger partial charge in [-0.1, -0.05) is 19.1 Å². The van der Waals surface area contributed by atoms with Gasteiger partial charge < -0.3 is 9.73 Å². The highest BCUT2D eigenvalue weighted by Gasteiger charge is 2.13. The van der Waals surface area contributed by atoms with Crippen molar-refractivity contribution in [1.82, 2.24) is 5.32 Å². The summed E-state index contributed by atoms with van der Waals surface area (Å²) in [7, 11) is 0. The van der Waals surface area contributed by atoms with E-state index in [-0.39, 0.29) is 6.04 Å². The number of hydrogen-bond acceptors (Lipinski definition) is 3. The van der Waals surface area contributed by atoms with Gasteiger partial charge in [-0.25, -0.2) is 0 Å². The van der Waals surface area contributed by atoms with Gasteiger partial charge in [0, 0.05) is 15.1 Å². The van der Waals surface area contributed by atoms with Gasteiger partial charge >= 0.3 is 0 Å². The van der Waals surface area contributed by atoms with E-state index in [1.54, 1.807) is 6.26 Å². The first-order valence-electron chi connectivity index (χ1n) is 5.95. The summed E-state index contributed by atoms with van der Waals surface area (Å²) < 4.78 is 6.62. The molecule has 0 aliphatic rings.